The van der Waals surface area contributed by atoms with Crippen LogP contribution in [0.3, 0.4) is 0 Å². The molecule has 0 amide bonds. The van der Waals surface area contributed by atoms with Gasteiger partial charge in [0.15, 0.2) is 5.82 Å². The van der Waals surface area contributed by atoms with Gasteiger partial charge in [0.1, 0.15) is 5.02 Å². The van der Waals surface area contributed by atoms with Gasteiger partial charge in [-0.2, -0.15) is 4.98 Å². The Morgan fingerprint density at radius 1 is 1.15 bits per heavy atom. The minimum absolute atomic E-state index is 0.415. The zero-order valence-corrected chi connectivity index (χ0v) is 13.0. The van der Waals surface area contributed by atoms with E-state index in [-0.39, 0.29) is 0 Å². The molecule has 0 radical (unpaired) electrons. The Bertz CT molecular complexity index is 604. The molecule has 1 aromatic carbocycles. The number of anilines is 3. The molecule has 0 aliphatic heterocycles. The normalized spacial score (nSPS) is 10.4. The van der Waals surface area contributed by atoms with Crippen molar-refractivity contribution in [2.45, 2.75) is 13.3 Å². The number of hydrogen-bond donors (Lipinski definition) is 2. The predicted octanol–water partition coefficient (Wildman–Crippen LogP) is 5.00. The third-order valence-electron chi connectivity index (χ3n) is 2.46. The van der Waals surface area contributed by atoms with E-state index in [1.807, 2.05) is 0 Å². The SMILES string of the molecule is CCCNc1ncc(Cl)c(Nc2ccc(Cl)cc2Cl)n1. The van der Waals surface area contributed by atoms with E-state index in [0.29, 0.717) is 32.5 Å². The summed E-state index contributed by atoms with van der Waals surface area (Å²) in [6.45, 7) is 2.86. The average molecular weight is 332 g/mol. The molecule has 0 bridgehead atoms. The maximum absolute atomic E-state index is 6.11. The van der Waals surface area contributed by atoms with E-state index in [9.17, 15) is 0 Å². The highest BCUT2D eigenvalue weighted by molar-refractivity contribution is 6.36. The van der Waals surface area contributed by atoms with Crippen molar-refractivity contribution >= 4 is 52.3 Å². The average Bonchev–Trinajstić information content (AvgIpc) is 2.42. The maximum Gasteiger partial charge on any atom is 0.224 e. The molecule has 0 saturated heterocycles. The highest BCUT2D eigenvalue weighted by Crippen LogP contribution is 2.30. The van der Waals surface area contributed by atoms with Crippen molar-refractivity contribution in [3.05, 3.63) is 39.5 Å². The fraction of sp³-hybridized carbons (Fsp3) is 0.231. The van der Waals surface area contributed by atoms with Crippen molar-refractivity contribution in [1.82, 2.24) is 9.97 Å². The molecule has 2 N–H and O–H groups in total. The van der Waals surface area contributed by atoms with Crippen molar-refractivity contribution in [3.63, 3.8) is 0 Å². The van der Waals surface area contributed by atoms with Gasteiger partial charge in [-0.15, -0.1) is 0 Å². The van der Waals surface area contributed by atoms with Gasteiger partial charge in [0, 0.05) is 11.6 Å². The van der Waals surface area contributed by atoms with Crippen LogP contribution in [0.15, 0.2) is 24.4 Å². The van der Waals surface area contributed by atoms with Gasteiger partial charge in [-0.25, -0.2) is 4.98 Å². The van der Waals surface area contributed by atoms with E-state index in [1.165, 1.54) is 0 Å². The first-order chi connectivity index (χ1) is 9.60. The van der Waals surface area contributed by atoms with E-state index in [1.54, 1.807) is 24.4 Å². The summed E-state index contributed by atoms with van der Waals surface area (Å²) in [5, 5.41) is 7.65. The molecule has 0 atom stereocenters. The quantitative estimate of drug-likeness (QED) is 0.809. The lowest BCUT2D eigenvalue weighted by molar-refractivity contribution is 0.953. The number of halogens is 3. The van der Waals surface area contributed by atoms with E-state index in [2.05, 4.69) is 27.5 Å². The van der Waals surface area contributed by atoms with Crippen molar-refractivity contribution in [1.29, 1.82) is 0 Å². The van der Waals surface area contributed by atoms with E-state index >= 15 is 0 Å². The molecular formula is C13H13Cl3N4. The first kappa shape index (κ1) is 15.2. The third kappa shape index (κ3) is 3.88. The van der Waals surface area contributed by atoms with Crippen LogP contribution < -0.4 is 10.6 Å². The Morgan fingerprint density at radius 2 is 1.95 bits per heavy atom. The molecule has 0 fully saturated rings. The van der Waals surface area contributed by atoms with Crippen LogP contribution in [0.25, 0.3) is 0 Å². The summed E-state index contributed by atoms with van der Waals surface area (Å²) in [7, 11) is 0. The van der Waals surface area contributed by atoms with E-state index in [4.69, 9.17) is 34.8 Å². The molecule has 0 saturated carbocycles. The number of nitrogens with zero attached hydrogens (tertiary/aromatic N) is 2. The second-order valence-electron chi connectivity index (χ2n) is 4.07. The zero-order valence-electron chi connectivity index (χ0n) is 10.8. The highest BCUT2D eigenvalue weighted by atomic mass is 35.5. The predicted molar refractivity (Wildman–Crippen MR) is 85.6 cm³/mol. The number of hydrogen-bond acceptors (Lipinski definition) is 4. The summed E-state index contributed by atoms with van der Waals surface area (Å²) in [6, 6.07) is 5.15. The van der Waals surface area contributed by atoms with Gasteiger partial charge in [-0.3, -0.25) is 0 Å². The third-order valence-corrected chi connectivity index (χ3v) is 3.29. The molecule has 1 heterocycles. The molecule has 2 aromatic rings. The lowest BCUT2D eigenvalue weighted by atomic mass is 10.3. The molecule has 4 nitrogen and oxygen atoms in total. The van der Waals surface area contributed by atoms with Gasteiger partial charge in [0.2, 0.25) is 5.95 Å². The van der Waals surface area contributed by atoms with E-state index < -0.39 is 0 Å². The Balaban J connectivity index is 2.23. The van der Waals surface area contributed by atoms with E-state index in [0.717, 1.165) is 13.0 Å². The van der Waals surface area contributed by atoms with Crippen LogP contribution in [0.5, 0.6) is 0 Å². The standard InChI is InChI=1S/C13H13Cl3N4/c1-2-5-17-13-18-7-10(16)12(20-13)19-11-4-3-8(14)6-9(11)15/h3-4,6-7H,2,5H2,1H3,(H2,17,18,19,20). The van der Waals surface area contributed by atoms with Gasteiger partial charge >= 0.3 is 0 Å². The molecule has 7 heteroatoms. The molecule has 1 aromatic heterocycles. The second-order valence-corrected chi connectivity index (χ2v) is 5.32. The van der Waals surface area contributed by atoms with Crippen LogP contribution in [0.1, 0.15) is 13.3 Å². The van der Waals surface area contributed by atoms with Crippen molar-refractivity contribution < 1.29 is 0 Å². The lowest BCUT2D eigenvalue weighted by Crippen LogP contribution is -2.06. The van der Waals surface area contributed by atoms with Crippen LogP contribution in [0.2, 0.25) is 15.1 Å². The first-order valence-electron chi connectivity index (χ1n) is 6.08. The zero-order chi connectivity index (χ0) is 14.5. The minimum atomic E-state index is 0.415. The topological polar surface area (TPSA) is 49.8 Å². The first-order valence-corrected chi connectivity index (χ1v) is 7.22. The van der Waals surface area contributed by atoms with Crippen LogP contribution in [0, 0.1) is 0 Å². The van der Waals surface area contributed by atoms with Crippen LogP contribution >= 0.6 is 34.8 Å². The monoisotopic (exact) mass is 330 g/mol. The summed E-state index contributed by atoms with van der Waals surface area (Å²) < 4.78 is 0. The smallest absolute Gasteiger partial charge is 0.224 e. The van der Waals surface area contributed by atoms with Crippen molar-refractivity contribution in [3.8, 4) is 0 Å². The maximum atomic E-state index is 6.11. The van der Waals surface area contributed by atoms with Crippen molar-refractivity contribution in [2.75, 3.05) is 17.2 Å². The summed E-state index contributed by atoms with van der Waals surface area (Å²) in [5.74, 6) is 1.01. The van der Waals surface area contributed by atoms with Crippen LogP contribution in [-0.4, -0.2) is 16.5 Å². The second kappa shape index (κ2) is 6.97. The molecule has 0 unspecified atom stereocenters. The Morgan fingerprint density at radius 3 is 2.65 bits per heavy atom. The van der Waals surface area contributed by atoms with Gasteiger partial charge in [-0.1, -0.05) is 41.7 Å². The van der Waals surface area contributed by atoms with Gasteiger partial charge < -0.3 is 10.6 Å². The van der Waals surface area contributed by atoms with Gasteiger partial charge in [0.05, 0.1) is 16.9 Å². The Hall–Kier alpha value is -1.23. The molecular weight excluding hydrogens is 319 g/mol. The molecule has 0 aliphatic rings. The number of nitrogens with one attached hydrogen (secondary N) is 2. The summed E-state index contributed by atoms with van der Waals surface area (Å²) in [6.07, 6.45) is 2.52. The van der Waals surface area contributed by atoms with Crippen molar-refractivity contribution in [2.24, 2.45) is 0 Å². The Kier molecular flexibility index (Phi) is 5.29. The fourth-order valence-electron chi connectivity index (χ4n) is 1.50. The molecule has 20 heavy (non-hydrogen) atoms. The summed E-state index contributed by atoms with van der Waals surface area (Å²) >= 11 is 18.0. The summed E-state index contributed by atoms with van der Waals surface area (Å²) in [4.78, 5) is 8.42. The molecule has 0 aliphatic carbocycles. The molecule has 2 rings (SSSR count). The number of aromatic nitrogens is 2. The van der Waals surface area contributed by atoms with Gasteiger partial charge in [0.25, 0.3) is 0 Å². The lowest BCUT2D eigenvalue weighted by Gasteiger charge is -2.11. The fourth-order valence-corrected chi connectivity index (χ4v) is 2.09. The molecule has 0 spiro atoms. The largest absolute Gasteiger partial charge is 0.354 e. The highest BCUT2D eigenvalue weighted by Gasteiger charge is 2.08. The number of benzene rings is 1. The Labute approximate surface area is 132 Å². The summed E-state index contributed by atoms with van der Waals surface area (Å²) in [5.41, 5.74) is 0.679. The van der Waals surface area contributed by atoms with Gasteiger partial charge in [-0.05, 0) is 24.6 Å². The minimum Gasteiger partial charge on any atom is -0.354 e. The molecule has 106 valence electrons. The number of rotatable bonds is 5. The van der Waals surface area contributed by atoms with Crippen LogP contribution in [0.4, 0.5) is 17.5 Å². The van der Waals surface area contributed by atoms with Crippen LogP contribution in [-0.2, 0) is 0 Å².